The van der Waals surface area contributed by atoms with Gasteiger partial charge in [0.25, 0.3) is 11.6 Å². The number of nitro groups is 1. The number of carbonyl (C=O) groups is 2. The molecule has 2 rings (SSSR count). The second-order valence-corrected chi connectivity index (χ2v) is 5.89. The molecule has 27 heavy (non-hydrogen) atoms. The van der Waals surface area contributed by atoms with E-state index in [0.29, 0.717) is 25.1 Å². The van der Waals surface area contributed by atoms with Gasteiger partial charge in [0.15, 0.2) is 0 Å². The van der Waals surface area contributed by atoms with Crippen LogP contribution in [0.15, 0.2) is 54.6 Å². The number of carbonyl (C=O) groups excluding carboxylic acids is 2. The topological polar surface area (TPSA) is 89.8 Å². The smallest absolute Gasteiger partial charge is 0.307 e. The Kier molecular flexibility index (Phi) is 7.49. The first-order valence-corrected chi connectivity index (χ1v) is 8.74. The van der Waals surface area contributed by atoms with Crippen LogP contribution < -0.4 is 0 Å². The zero-order valence-corrected chi connectivity index (χ0v) is 15.2. The molecular weight excluding hydrogens is 348 g/mol. The van der Waals surface area contributed by atoms with Crippen LogP contribution >= 0.6 is 0 Å². The van der Waals surface area contributed by atoms with Gasteiger partial charge >= 0.3 is 5.97 Å². The summed E-state index contributed by atoms with van der Waals surface area (Å²) in [5.41, 5.74) is 1.35. The Balaban J connectivity index is 2.09. The summed E-state index contributed by atoms with van der Waals surface area (Å²) in [4.78, 5) is 36.3. The van der Waals surface area contributed by atoms with Crippen LogP contribution in [0.1, 0.15) is 29.3 Å². The molecule has 0 atom stereocenters. The first kappa shape index (κ1) is 20.1. The highest BCUT2D eigenvalue weighted by Crippen LogP contribution is 2.14. The van der Waals surface area contributed by atoms with Gasteiger partial charge in [-0.1, -0.05) is 30.3 Å². The third-order valence-electron chi connectivity index (χ3n) is 4.02. The minimum absolute atomic E-state index is 0.0751. The zero-order chi connectivity index (χ0) is 19.6. The number of esters is 1. The third-order valence-corrected chi connectivity index (χ3v) is 4.02. The van der Waals surface area contributed by atoms with E-state index in [9.17, 15) is 19.7 Å². The number of amides is 1. The van der Waals surface area contributed by atoms with Crippen molar-refractivity contribution in [1.29, 1.82) is 0 Å². The van der Waals surface area contributed by atoms with E-state index in [2.05, 4.69) is 0 Å². The SMILES string of the molecule is CCOC(=O)CCN(CCc1ccccc1)C(=O)c1ccc([N+](=O)[O-])cc1. The Hall–Kier alpha value is -3.22. The molecule has 0 radical (unpaired) electrons. The van der Waals surface area contributed by atoms with Gasteiger partial charge in [0.2, 0.25) is 0 Å². The molecule has 7 nitrogen and oxygen atoms in total. The fourth-order valence-electron chi connectivity index (χ4n) is 2.59. The predicted octanol–water partition coefficient (Wildman–Crippen LogP) is 3.23. The summed E-state index contributed by atoms with van der Waals surface area (Å²) in [5, 5.41) is 10.8. The highest BCUT2D eigenvalue weighted by atomic mass is 16.6. The van der Waals surface area contributed by atoms with Crippen molar-refractivity contribution in [2.45, 2.75) is 19.8 Å². The molecule has 0 saturated carbocycles. The van der Waals surface area contributed by atoms with Gasteiger partial charge in [0.1, 0.15) is 0 Å². The lowest BCUT2D eigenvalue weighted by atomic mass is 10.1. The number of nitro benzene ring substituents is 1. The number of benzene rings is 2. The van der Waals surface area contributed by atoms with E-state index in [0.717, 1.165) is 5.56 Å². The standard InChI is InChI=1S/C20H22N2O5/c1-2-27-19(23)13-15-21(14-12-16-6-4-3-5-7-16)20(24)17-8-10-18(11-9-17)22(25)26/h3-11H,2,12-15H2,1H3. The first-order valence-electron chi connectivity index (χ1n) is 8.74. The molecule has 0 aliphatic carbocycles. The normalized spacial score (nSPS) is 10.3. The van der Waals surface area contributed by atoms with Crippen molar-refractivity contribution in [2.24, 2.45) is 0 Å². The maximum absolute atomic E-state index is 12.8. The van der Waals surface area contributed by atoms with Gasteiger partial charge in [-0.3, -0.25) is 19.7 Å². The van der Waals surface area contributed by atoms with Crippen molar-refractivity contribution in [3.63, 3.8) is 0 Å². The van der Waals surface area contributed by atoms with E-state index in [4.69, 9.17) is 4.74 Å². The minimum atomic E-state index is -0.512. The molecule has 142 valence electrons. The largest absolute Gasteiger partial charge is 0.466 e. The van der Waals surface area contributed by atoms with Crippen molar-refractivity contribution >= 4 is 17.6 Å². The molecule has 0 aliphatic heterocycles. The van der Waals surface area contributed by atoms with Crippen molar-refractivity contribution < 1.29 is 19.2 Å². The molecule has 2 aromatic carbocycles. The van der Waals surface area contributed by atoms with Crippen LogP contribution in [-0.2, 0) is 16.0 Å². The molecule has 0 bridgehead atoms. The average molecular weight is 370 g/mol. The Morgan fingerprint density at radius 1 is 1.04 bits per heavy atom. The van der Waals surface area contributed by atoms with Crippen molar-refractivity contribution in [2.75, 3.05) is 19.7 Å². The summed E-state index contributed by atoms with van der Waals surface area (Å²) < 4.78 is 4.93. The van der Waals surface area contributed by atoms with E-state index in [1.807, 2.05) is 30.3 Å². The lowest BCUT2D eigenvalue weighted by Gasteiger charge is -2.22. The molecule has 0 N–H and O–H groups in total. The van der Waals surface area contributed by atoms with Gasteiger partial charge in [0, 0.05) is 30.8 Å². The number of nitrogens with zero attached hydrogens (tertiary/aromatic N) is 2. The summed E-state index contributed by atoms with van der Waals surface area (Å²) in [6.45, 7) is 2.67. The van der Waals surface area contributed by atoms with Crippen molar-refractivity contribution in [1.82, 2.24) is 4.90 Å². The monoisotopic (exact) mass is 370 g/mol. The van der Waals surface area contributed by atoms with Crippen molar-refractivity contribution in [3.05, 3.63) is 75.8 Å². The lowest BCUT2D eigenvalue weighted by molar-refractivity contribution is -0.384. The molecular formula is C20H22N2O5. The molecule has 7 heteroatoms. The molecule has 0 spiro atoms. The molecule has 0 fully saturated rings. The van der Waals surface area contributed by atoms with Crippen LogP contribution in [0.25, 0.3) is 0 Å². The van der Waals surface area contributed by atoms with Crippen molar-refractivity contribution in [3.8, 4) is 0 Å². The van der Waals surface area contributed by atoms with Crippen LogP contribution in [-0.4, -0.2) is 41.4 Å². The quantitative estimate of drug-likeness (QED) is 0.384. The van der Waals surface area contributed by atoms with Crippen LogP contribution in [0.2, 0.25) is 0 Å². The molecule has 0 saturated heterocycles. The zero-order valence-electron chi connectivity index (χ0n) is 15.2. The number of hydrogen-bond acceptors (Lipinski definition) is 5. The highest BCUT2D eigenvalue weighted by molar-refractivity contribution is 5.94. The van der Waals surface area contributed by atoms with Gasteiger partial charge < -0.3 is 9.64 Å². The molecule has 0 unspecified atom stereocenters. The van der Waals surface area contributed by atoms with E-state index >= 15 is 0 Å². The van der Waals surface area contributed by atoms with Gasteiger partial charge in [-0.2, -0.15) is 0 Å². The summed E-state index contributed by atoms with van der Waals surface area (Å²) in [7, 11) is 0. The van der Waals surface area contributed by atoms with Gasteiger partial charge in [-0.05, 0) is 31.0 Å². The van der Waals surface area contributed by atoms with E-state index in [1.54, 1.807) is 11.8 Å². The number of rotatable bonds is 9. The van der Waals surface area contributed by atoms with E-state index in [-0.39, 0.29) is 30.5 Å². The lowest BCUT2D eigenvalue weighted by Crippen LogP contribution is -2.35. The summed E-state index contributed by atoms with van der Waals surface area (Å²) in [6.07, 6.45) is 0.740. The third kappa shape index (κ3) is 6.22. The minimum Gasteiger partial charge on any atom is -0.466 e. The summed E-state index contributed by atoms with van der Waals surface area (Å²) >= 11 is 0. The van der Waals surface area contributed by atoms with Crippen LogP contribution in [0.3, 0.4) is 0 Å². The fraction of sp³-hybridized carbons (Fsp3) is 0.300. The van der Waals surface area contributed by atoms with Crippen LogP contribution in [0.5, 0.6) is 0 Å². The summed E-state index contributed by atoms with van der Waals surface area (Å²) in [6, 6.07) is 15.2. The highest BCUT2D eigenvalue weighted by Gasteiger charge is 2.18. The maximum Gasteiger partial charge on any atom is 0.307 e. The average Bonchev–Trinajstić information content (AvgIpc) is 2.68. The second-order valence-electron chi connectivity index (χ2n) is 5.89. The van der Waals surface area contributed by atoms with E-state index < -0.39 is 4.92 Å². The Labute approximate surface area is 157 Å². The van der Waals surface area contributed by atoms with Crippen LogP contribution in [0.4, 0.5) is 5.69 Å². The van der Waals surface area contributed by atoms with E-state index in [1.165, 1.54) is 24.3 Å². The second kappa shape index (κ2) is 10.1. The number of hydrogen-bond donors (Lipinski definition) is 0. The van der Waals surface area contributed by atoms with Crippen LogP contribution in [0, 0.1) is 10.1 Å². The molecule has 2 aromatic rings. The fourth-order valence-corrected chi connectivity index (χ4v) is 2.59. The van der Waals surface area contributed by atoms with Gasteiger partial charge in [-0.25, -0.2) is 0 Å². The summed E-state index contributed by atoms with van der Waals surface area (Å²) in [5.74, 6) is -0.635. The maximum atomic E-state index is 12.8. The Morgan fingerprint density at radius 2 is 1.70 bits per heavy atom. The molecule has 0 heterocycles. The van der Waals surface area contributed by atoms with Gasteiger partial charge in [0.05, 0.1) is 18.0 Å². The first-order chi connectivity index (χ1) is 13.0. The molecule has 1 amide bonds. The van der Waals surface area contributed by atoms with Gasteiger partial charge in [-0.15, -0.1) is 0 Å². The molecule has 0 aliphatic rings. The number of non-ortho nitro benzene ring substituents is 1. The predicted molar refractivity (Wildman–Crippen MR) is 100 cm³/mol. The Morgan fingerprint density at radius 3 is 2.30 bits per heavy atom. The number of ether oxygens (including phenoxy) is 1. The molecule has 0 aromatic heterocycles. The Bertz CT molecular complexity index is 775.